The highest BCUT2D eigenvalue weighted by Crippen LogP contribution is 2.22. The summed E-state index contributed by atoms with van der Waals surface area (Å²) < 4.78 is 5.90. The lowest BCUT2D eigenvalue weighted by atomic mass is 10.1. The van der Waals surface area contributed by atoms with E-state index in [0.29, 0.717) is 11.3 Å². The Balaban J connectivity index is 2.11. The molecule has 92 valence electrons. The van der Waals surface area contributed by atoms with Gasteiger partial charge in [-0.3, -0.25) is 4.79 Å². The van der Waals surface area contributed by atoms with Crippen LogP contribution >= 0.6 is 15.9 Å². The molecule has 5 heteroatoms. The molecule has 1 fully saturated rings. The van der Waals surface area contributed by atoms with E-state index >= 15 is 0 Å². The van der Waals surface area contributed by atoms with E-state index in [1.54, 1.807) is 13.2 Å². The number of amides is 1. The van der Waals surface area contributed by atoms with Gasteiger partial charge >= 0.3 is 0 Å². The highest BCUT2D eigenvalue weighted by molar-refractivity contribution is 9.10. The van der Waals surface area contributed by atoms with Crippen LogP contribution in [0.5, 0.6) is 5.75 Å². The number of benzene rings is 1. The average molecular weight is 299 g/mol. The lowest BCUT2D eigenvalue weighted by molar-refractivity contribution is 0.0939. The van der Waals surface area contributed by atoms with Crippen molar-refractivity contribution in [2.24, 2.45) is 0 Å². The van der Waals surface area contributed by atoms with Crippen LogP contribution in [0.15, 0.2) is 22.7 Å². The third kappa shape index (κ3) is 2.98. The summed E-state index contributed by atoms with van der Waals surface area (Å²) in [5, 5.41) is 6.22. The number of ether oxygens (including phenoxy) is 1. The molecule has 1 aromatic carbocycles. The summed E-state index contributed by atoms with van der Waals surface area (Å²) in [4.78, 5) is 12.1. The van der Waals surface area contributed by atoms with Crippen LogP contribution in [0.2, 0.25) is 0 Å². The van der Waals surface area contributed by atoms with E-state index in [0.717, 1.165) is 24.0 Å². The van der Waals surface area contributed by atoms with E-state index in [-0.39, 0.29) is 11.9 Å². The van der Waals surface area contributed by atoms with Crippen LogP contribution in [-0.4, -0.2) is 32.1 Å². The molecule has 1 aliphatic rings. The van der Waals surface area contributed by atoms with Gasteiger partial charge in [0.25, 0.3) is 5.91 Å². The Kier molecular flexibility index (Phi) is 4.02. The molecule has 2 rings (SSSR count). The molecular formula is C12H15BrN2O2. The lowest BCUT2D eigenvalue weighted by Gasteiger charge is -2.13. The maximum absolute atomic E-state index is 12.1. The second kappa shape index (κ2) is 5.51. The summed E-state index contributed by atoms with van der Waals surface area (Å²) in [6.07, 6.45) is 0.979. The zero-order valence-electron chi connectivity index (χ0n) is 9.63. The zero-order valence-corrected chi connectivity index (χ0v) is 11.2. The van der Waals surface area contributed by atoms with Crippen molar-refractivity contribution >= 4 is 21.8 Å². The summed E-state index contributed by atoms with van der Waals surface area (Å²) in [6.45, 7) is 1.80. The minimum Gasteiger partial charge on any atom is -0.497 e. The molecule has 0 spiro atoms. The van der Waals surface area contributed by atoms with E-state index in [9.17, 15) is 4.79 Å². The fraction of sp³-hybridized carbons (Fsp3) is 0.417. The summed E-state index contributed by atoms with van der Waals surface area (Å²) in [5.41, 5.74) is 0.608. The quantitative estimate of drug-likeness (QED) is 0.890. The number of rotatable bonds is 3. The fourth-order valence-corrected chi connectivity index (χ4v) is 2.27. The second-order valence-corrected chi connectivity index (χ2v) is 4.86. The average Bonchev–Trinajstić information content (AvgIpc) is 2.82. The van der Waals surface area contributed by atoms with Gasteiger partial charge in [0.2, 0.25) is 0 Å². The Morgan fingerprint density at radius 3 is 3.06 bits per heavy atom. The van der Waals surface area contributed by atoms with Crippen molar-refractivity contribution in [3.63, 3.8) is 0 Å². The zero-order chi connectivity index (χ0) is 12.3. The Hall–Kier alpha value is -1.07. The molecule has 1 aromatic rings. The third-order valence-electron chi connectivity index (χ3n) is 2.81. The molecule has 1 amide bonds. The number of hydrogen-bond acceptors (Lipinski definition) is 3. The van der Waals surface area contributed by atoms with E-state index in [1.165, 1.54) is 0 Å². The smallest absolute Gasteiger partial charge is 0.252 e. The van der Waals surface area contributed by atoms with Gasteiger partial charge in [-0.2, -0.15) is 0 Å². The van der Waals surface area contributed by atoms with Crippen LogP contribution in [-0.2, 0) is 0 Å². The van der Waals surface area contributed by atoms with Crippen molar-refractivity contribution in [2.75, 3.05) is 20.2 Å². The van der Waals surface area contributed by atoms with Crippen molar-refractivity contribution in [1.82, 2.24) is 10.6 Å². The number of carbonyl (C=O) groups is 1. The van der Waals surface area contributed by atoms with Gasteiger partial charge in [-0.05, 0) is 47.1 Å². The van der Waals surface area contributed by atoms with Gasteiger partial charge in [-0.15, -0.1) is 0 Å². The highest BCUT2D eigenvalue weighted by atomic mass is 79.9. The molecule has 1 aliphatic heterocycles. The third-order valence-corrected chi connectivity index (χ3v) is 3.51. The minimum atomic E-state index is -0.0653. The number of methoxy groups -OCH3 is 1. The molecule has 1 heterocycles. The Labute approximate surface area is 109 Å². The highest BCUT2D eigenvalue weighted by Gasteiger charge is 2.19. The number of carbonyl (C=O) groups excluding carboxylic acids is 1. The van der Waals surface area contributed by atoms with Crippen LogP contribution < -0.4 is 15.4 Å². The molecule has 0 aromatic heterocycles. The predicted molar refractivity (Wildman–Crippen MR) is 69.4 cm³/mol. The largest absolute Gasteiger partial charge is 0.497 e. The molecule has 0 aliphatic carbocycles. The molecule has 1 saturated heterocycles. The number of halogens is 1. The second-order valence-electron chi connectivity index (χ2n) is 4.01. The monoisotopic (exact) mass is 298 g/mol. The standard InChI is InChI=1S/C12H15BrN2O2/c1-17-9-2-3-11(13)10(6-9)12(16)15-8-4-5-14-7-8/h2-3,6,8,14H,4-5,7H2,1H3,(H,15,16)/t8-/m1/s1. The van der Waals surface area contributed by atoms with Crippen molar-refractivity contribution < 1.29 is 9.53 Å². The molecule has 17 heavy (non-hydrogen) atoms. The SMILES string of the molecule is COc1ccc(Br)c(C(=O)N[C@@H]2CCNC2)c1. The molecule has 1 atom stereocenters. The first-order valence-electron chi connectivity index (χ1n) is 5.56. The van der Waals surface area contributed by atoms with Crippen LogP contribution in [0.4, 0.5) is 0 Å². The molecule has 0 bridgehead atoms. The van der Waals surface area contributed by atoms with Crippen molar-refractivity contribution in [2.45, 2.75) is 12.5 Å². The summed E-state index contributed by atoms with van der Waals surface area (Å²) in [6, 6.07) is 5.60. The molecule has 0 unspecified atom stereocenters. The Morgan fingerprint density at radius 1 is 1.59 bits per heavy atom. The minimum absolute atomic E-state index is 0.0653. The van der Waals surface area contributed by atoms with Gasteiger partial charge in [0.1, 0.15) is 5.75 Å². The Bertz CT molecular complexity index is 417. The van der Waals surface area contributed by atoms with Gasteiger partial charge in [0.05, 0.1) is 12.7 Å². The van der Waals surface area contributed by atoms with E-state index < -0.39 is 0 Å². The van der Waals surface area contributed by atoms with Crippen LogP contribution in [0.3, 0.4) is 0 Å². The van der Waals surface area contributed by atoms with Crippen LogP contribution in [0.25, 0.3) is 0 Å². The first-order chi connectivity index (χ1) is 8.20. The van der Waals surface area contributed by atoms with Gasteiger partial charge in [0.15, 0.2) is 0 Å². The summed E-state index contributed by atoms with van der Waals surface area (Å²) in [7, 11) is 1.59. The molecule has 0 radical (unpaired) electrons. The van der Waals surface area contributed by atoms with E-state index in [2.05, 4.69) is 26.6 Å². The van der Waals surface area contributed by atoms with E-state index in [1.807, 2.05) is 12.1 Å². The van der Waals surface area contributed by atoms with Crippen molar-refractivity contribution in [3.8, 4) is 5.75 Å². The topological polar surface area (TPSA) is 50.4 Å². The first kappa shape index (κ1) is 12.4. The summed E-state index contributed by atoms with van der Waals surface area (Å²) >= 11 is 3.38. The molecule has 2 N–H and O–H groups in total. The molecule has 4 nitrogen and oxygen atoms in total. The van der Waals surface area contributed by atoms with Crippen LogP contribution in [0.1, 0.15) is 16.8 Å². The normalized spacial score (nSPS) is 19.1. The van der Waals surface area contributed by atoms with Gasteiger partial charge in [-0.25, -0.2) is 0 Å². The maximum Gasteiger partial charge on any atom is 0.252 e. The van der Waals surface area contributed by atoms with E-state index in [4.69, 9.17) is 4.74 Å². The lowest BCUT2D eigenvalue weighted by Crippen LogP contribution is -2.36. The fourth-order valence-electron chi connectivity index (χ4n) is 1.85. The van der Waals surface area contributed by atoms with Gasteiger partial charge < -0.3 is 15.4 Å². The van der Waals surface area contributed by atoms with Crippen LogP contribution in [0, 0.1) is 0 Å². The summed E-state index contributed by atoms with van der Waals surface area (Å²) in [5.74, 6) is 0.618. The predicted octanol–water partition coefficient (Wildman–Crippen LogP) is 1.55. The molecule has 0 saturated carbocycles. The number of nitrogens with one attached hydrogen (secondary N) is 2. The first-order valence-corrected chi connectivity index (χ1v) is 6.35. The maximum atomic E-state index is 12.1. The van der Waals surface area contributed by atoms with Crippen molar-refractivity contribution in [3.05, 3.63) is 28.2 Å². The van der Waals surface area contributed by atoms with Gasteiger partial charge in [-0.1, -0.05) is 0 Å². The molecular weight excluding hydrogens is 284 g/mol. The van der Waals surface area contributed by atoms with Crippen molar-refractivity contribution in [1.29, 1.82) is 0 Å². The number of hydrogen-bond donors (Lipinski definition) is 2. The Morgan fingerprint density at radius 2 is 2.41 bits per heavy atom. The van der Waals surface area contributed by atoms with Gasteiger partial charge in [0, 0.05) is 17.1 Å².